The maximum atomic E-state index is 12.5. The Hall–Kier alpha value is -1.30. The fraction of sp³-hybridized carbons (Fsp3) is 0.389. The van der Waals surface area contributed by atoms with Crippen LogP contribution in [0.15, 0.2) is 46.7 Å². The van der Waals surface area contributed by atoms with Gasteiger partial charge in [0.1, 0.15) is 0 Å². The van der Waals surface area contributed by atoms with Crippen LogP contribution in [0.5, 0.6) is 0 Å². The molecule has 122 valence electrons. The molecular weight excluding hydrogens is 324 g/mol. The normalized spacial score (nSPS) is 17.3. The second-order valence-corrected chi connectivity index (χ2v) is 7.82. The van der Waals surface area contributed by atoms with Gasteiger partial charge < -0.3 is 10.6 Å². The molecule has 1 fully saturated rings. The Morgan fingerprint density at radius 1 is 1.30 bits per heavy atom. The van der Waals surface area contributed by atoms with E-state index < -0.39 is 0 Å². The third-order valence-electron chi connectivity index (χ3n) is 4.08. The van der Waals surface area contributed by atoms with Crippen LogP contribution in [0.1, 0.15) is 28.1 Å². The summed E-state index contributed by atoms with van der Waals surface area (Å²) in [5.41, 5.74) is 0.790. The van der Waals surface area contributed by atoms with Crippen molar-refractivity contribution in [2.75, 3.05) is 19.6 Å². The predicted octanol–water partition coefficient (Wildman–Crippen LogP) is 3.77. The Labute approximate surface area is 145 Å². The monoisotopic (exact) mass is 346 g/mol. The van der Waals surface area contributed by atoms with Crippen LogP contribution in [0, 0.1) is 5.92 Å². The van der Waals surface area contributed by atoms with Crippen molar-refractivity contribution in [2.45, 2.75) is 23.5 Å². The Bertz CT molecular complexity index is 622. The molecule has 2 heterocycles. The number of carbonyl (C=O) groups excluding carboxylic acids is 1. The van der Waals surface area contributed by atoms with E-state index in [1.165, 1.54) is 11.3 Å². The predicted molar refractivity (Wildman–Crippen MR) is 98.2 cm³/mol. The van der Waals surface area contributed by atoms with Gasteiger partial charge in [0.2, 0.25) is 0 Å². The van der Waals surface area contributed by atoms with Gasteiger partial charge in [0, 0.05) is 22.1 Å². The van der Waals surface area contributed by atoms with Gasteiger partial charge in [-0.05, 0) is 55.4 Å². The van der Waals surface area contributed by atoms with Gasteiger partial charge in [0.15, 0.2) is 0 Å². The SMILES string of the molecule is O=C(NCCC1CCNC1)c1ccccc1SCc1cccs1. The molecular formula is C18H22N2OS2. The third-order valence-corrected chi connectivity index (χ3v) is 6.26. The molecule has 0 bridgehead atoms. The first-order chi connectivity index (χ1) is 11.3. The fourth-order valence-corrected chi connectivity index (χ4v) is 4.59. The lowest BCUT2D eigenvalue weighted by molar-refractivity contribution is 0.0948. The van der Waals surface area contributed by atoms with E-state index >= 15 is 0 Å². The second-order valence-electron chi connectivity index (χ2n) is 5.77. The molecule has 0 radical (unpaired) electrons. The van der Waals surface area contributed by atoms with E-state index in [1.807, 2.05) is 24.3 Å². The van der Waals surface area contributed by atoms with E-state index in [2.05, 4.69) is 28.1 Å². The lowest BCUT2D eigenvalue weighted by Gasteiger charge is -2.11. The molecule has 0 spiro atoms. The molecule has 1 saturated heterocycles. The molecule has 5 heteroatoms. The van der Waals surface area contributed by atoms with Gasteiger partial charge in [-0.15, -0.1) is 23.1 Å². The van der Waals surface area contributed by atoms with E-state index in [9.17, 15) is 4.79 Å². The first kappa shape index (κ1) is 16.6. The van der Waals surface area contributed by atoms with E-state index in [1.54, 1.807) is 23.1 Å². The third kappa shape index (κ3) is 4.83. The molecule has 1 amide bonds. The molecule has 2 aromatic rings. The summed E-state index contributed by atoms with van der Waals surface area (Å²) in [5.74, 6) is 1.67. The summed E-state index contributed by atoms with van der Waals surface area (Å²) in [6, 6.07) is 12.1. The minimum atomic E-state index is 0.0465. The average Bonchev–Trinajstić information content (AvgIpc) is 3.27. The molecule has 1 unspecified atom stereocenters. The van der Waals surface area contributed by atoms with Gasteiger partial charge in [-0.3, -0.25) is 4.79 Å². The van der Waals surface area contributed by atoms with E-state index in [0.29, 0.717) is 5.92 Å². The summed E-state index contributed by atoms with van der Waals surface area (Å²) in [5, 5.41) is 8.54. The van der Waals surface area contributed by atoms with Gasteiger partial charge in [0.05, 0.1) is 5.56 Å². The molecule has 2 N–H and O–H groups in total. The highest BCUT2D eigenvalue weighted by atomic mass is 32.2. The summed E-state index contributed by atoms with van der Waals surface area (Å²) >= 11 is 3.49. The zero-order chi connectivity index (χ0) is 15.9. The van der Waals surface area contributed by atoms with Crippen molar-refractivity contribution in [3.05, 3.63) is 52.2 Å². The number of benzene rings is 1. The van der Waals surface area contributed by atoms with Crippen molar-refractivity contribution in [1.82, 2.24) is 10.6 Å². The number of rotatable bonds is 7. The van der Waals surface area contributed by atoms with Gasteiger partial charge in [-0.25, -0.2) is 0 Å². The molecule has 1 aromatic heterocycles. The van der Waals surface area contributed by atoms with Crippen LogP contribution < -0.4 is 10.6 Å². The second kappa shape index (κ2) is 8.52. The first-order valence-electron chi connectivity index (χ1n) is 8.06. The van der Waals surface area contributed by atoms with E-state index in [-0.39, 0.29) is 5.91 Å². The molecule has 1 aromatic carbocycles. The number of carbonyl (C=O) groups is 1. The van der Waals surface area contributed by atoms with Crippen LogP contribution in [0.2, 0.25) is 0 Å². The number of nitrogens with one attached hydrogen (secondary N) is 2. The lowest BCUT2D eigenvalue weighted by atomic mass is 10.1. The van der Waals surface area contributed by atoms with Gasteiger partial charge in [0.25, 0.3) is 5.91 Å². The summed E-state index contributed by atoms with van der Waals surface area (Å²) in [4.78, 5) is 14.9. The highest BCUT2D eigenvalue weighted by Crippen LogP contribution is 2.27. The van der Waals surface area contributed by atoms with Crippen LogP contribution in [0.4, 0.5) is 0 Å². The van der Waals surface area contributed by atoms with E-state index in [0.717, 1.165) is 42.3 Å². The minimum Gasteiger partial charge on any atom is -0.352 e. The molecule has 0 aliphatic carbocycles. The highest BCUT2D eigenvalue weighted by molar-refractivity contribution is 7.98. The van der Waals surface area contributed by atoms with Gasteiger partial charge in [-0.1, -0.05) is 18.2 Å². The Balaban J connectivity index is 1.54. The minimum absolute atomic E-state index is 0.0465. The molecule has 3 nitrogen and oxygen atoms in total. The van der Waals surface area contributed by atoms with Crippen LogP contribution in [-0.2, 0) is 5.75 Å². The molecule has 1 atom stereocenters. The number of hydrogen-bond donors (Lipinski definition) is 2. The zero-order valence-electron chi connectivity index (χ0n) is 13.1. The quantitative estimate of drug-likeness (QED) is 0.750. The molecule has 1 aliphatic rings. The van der Waals surface area contributed by atoms with Crippen LogP contribution >= 0.6 is 23.1 Å². The standard InChI is InChI=1S/C18H22N2OS2/c21-18(20-10-8-14-7-9-19-12-14)16-5-1-2-6-17(16)23-13-15-4-3-11-22-15/h1-6,11,14,19H,7-10,12-13H2,(H,20,21). The van der Waals surface area contributed by atoms with Crippen LogP contribution in [-0.4, -0.2) is 25.5 Å². The number of thioether (sulfide) groups is 1. The number of hydrogen-bond acceptors (Lipinski definition) is 4. The topological polar surface area (TPSA) is 41.1 Å². The highest BCUT2D eigenvalue weighted by Gasteiger charge is 2.15. The maximum absolute atomic E-state index is 12.5. The molecule has 3 rings (SSSR count). The Morgan fingerprint density at radius 3 is 3.00 bits per heavy atom. The van der Waals surface area contributed by atoms with E-state index in [4.69, 9.17) is 0 Å². The van der Waals surface area contributed by atoms with Crippen molar-refractivity contribution in [2.24, 2.45) is 5.92 Å². The Morgan fingerprint density at radius 2 is 2.22 bits per heavy atom. The van der Waals surface area contributed by atoms with Crippen molar-refractivity contribution in [3.8, 4) is 0 Å². The van der Waals surface area contributed by atoms with Crippen molar-refractivity contribution < 1.29 is 4.79 Å². The largest absolute Gasteiger partial charge is 0.352 e. The first-order valence-corrected chi connectivity index (χ1v) is 9.92. The van der Waals surface area contributed by atoms with Crippen LogP contribution in [0.25, 0.3) is 0 Å². The van der Waals surface area contributed by atoms with Crippen LogP contribution in [0.3, 0.4) is 0 Å². The van der Waals surface area contributed by atoms with Gasteiger partial charge in [-0.2, -0.15) is 0 Å². The average molecular weight is 347 g/mol. The maximum Gasteiger partial charge on any atom is 0.252 e. The van der Waals surface area contributed by atoms with Crippen molar-refractivity contribution in [1.29, 1.82) is 0 Å². The van der Waals surface area contributed by atoms with Crippen molar-refractivity contribution in [3.63, 3.8) is 0 Å². The summed E-state index contributed by atoms with van der Waals surface area (Å²) < 4.78 is 0. The molecule has 0 saturated carbocycles. The Kier molecular flexibility index (Phi) is 6.13. The molecule has 23 heavy (non-hydrogen) atoms. The molecule has 1 aliphatic heterocycles. The number of amides is 1. The zero-order valence-corrected chi connectivity index (χ0v) is 14.7. The lowest BCUT2D eigenvalue weighted by Crippen LogP contribution is -2.26. The van der Waals surface area contributed by atoms with Gasteiger partial charge >= 0.3 is 0 Å². The number of thiophene rings is 1. The summed E-state index contributed by atoms with van der Waals surface area (Å²) in [6.07, 6.45) is 2.28. The fourth-order valence-electron chi connectivity index (χ4n) is 2.77. The van der Waals surface area contributed by atoms with Crippen molar-refractivity contribution >= 4 is 29.0 Å². The summed E-state index contributed by atoms with van der Waals surface area (Å²) in [7, 11) is 0. The smallest absolute Gasteiger partial charge is 0.252 e. The summed E-state index contributed by atoms with van der Waals surface area (Å²) in [6.45, 7) is 2.96.